The first kappa shape index (κ1) is 20.7. The predicted molar refractivity (Wildman–Crippen MR) is 128 cm³/mol. The van der Waals surface area contributed by atoms with Gasteiger partial charge in [0.25, 0.3) is 11.8 Å². The molecular formula is C26H22N4O3. The van der Waals surface area contributed by atoms with Gasteiger partial charge in [-0.15, -0.1) is 0 Å². The number of nitrogens with one attached hydrogen (secondary N) is 2. The average Bonchev–Trinajstić information content (AvgIpc) is 3.26. The highest BCUT2D eigenvalue weighted by atomic mass is 16.3. The number of anilines is 1. The van der Waals surface area contributed by atoms with E-state index in [0.717, 1.165) is 22.0 Å². The molecule has 0 bridgehead atoms. The second kappa shape index (κ2) is 8.72. The molecule has 1 aliphatic rings. The first-order valence-corrected chi connectivity index (χ1v) is 10.7. The van der Waals surface area contributed by atoms with Crippen LogP contribution in [0.1, 0.15) is 21.6 Å². The van der Waals surface area contributed by atoms with Gasteiger partial charge < -0.3 is 20.3 Å². The van der Waals surface area contributed by atoms with Gasteiger partial charge in [0, 0.05) is 28.6 Å². The number of fused-ring (bicyclic) bond motifs is 2. The van der Waals surface area contributed by atoms with Crippen molar-refractivity contribution in [1.82, 2.24) is 10.3 Å². The lowest BCUT2D eigenvalue weighted by atomic mass is 10.0. The fourth-order valence-corrected chi connectivity index (χ4v) is 4.08. The van der Waals surface area contributed by atoms with Gasteiger partial charge >= 0.3 is 0 Å². The lowest BCUT2D eigenvalue weighted by Crippen LogP contribution is -2.48. The van der Waals surface area contributed by atoms with Gasteiger partial charge in [0.1, 0.15) is 5.69 Å². The number of aromatic nitrogens is 1. The van der Waals surface area contributed by atoms with E-state index >= 15 is 0 Å². The van der Waals surface area contributed by atoms with Crippen LogP contribution in [0.4, 0.5) is 5.69 Å². The average molecular weight is 438 g/mol. The molecule has 0 fully saturated rings. The van der Waals surface area contributed by atoms with Crippen molar-refractivity contribution < 1.29 is 14.7 Å². The van der Waals surface area contributed by atoms with E-state index in [1.807, 2.05) is 78.9 Å². The zero-order valence-electron chi connectivity index (χ0n) is 17.7. The van der Waals surface area contributed by atoms with Gasteiger partial charge in [0.05, 0.1) is 18.0 Å². The number of aliphatic hydroxyl groups is 1. The number of amides is 2. The van der Waals surface area contributed by atoms with Crippen LogP contribution in [0.25, 0.3) is 10.9 Å². The van der Waals surface area contributed by atoms with Gasteiger partial charge in [-0.05, 0) is 18.2 Å². The third kappa shape index (κ3) is 3.90. The number of para-hydroxylation sites is 2. The van der Waals surface area contributed by atoms with E-state index in [2.05, 4.69) is 10.3 Å². The number of rotatable bonds is 5. The molecule has 0 radical (unpaired) electrons. The van der Waals surface area contributed by atoms with Crippen molar-refractivity contribution in [2.24, 2.45) is 4.99 Å². The molecule has 0 saturated carbocycles. The fraction of sp³-hybridized carbons (Fsp3) is 0.115. The summed E-state index contributed by atoms with van der Waals surface area (Å²) >= 11 is 0. The largest absolute Gasteiger partial charge is 0.395 e. The molecule has 4 aromatic rings. The molecule has 3 aromatic carbocycles. The first-order chi connectivity index (χ1) is 16.2. The summed E-state index contributed by atoms with van der Waals surface area (Å²) in [6.07, 6.45) is -1.15. The minimum atomic E-state index is -1.15. The molecule has 0 saturated heterocycles. The van der Waals surface area contributed by atoms with Gasteiger partial charge in [-0.3, -0.25) is 9.59 Å². The summed E-state index contributed by atoms with van der Waals surface area (Å²) in [6.45, 7) is -0.129. The van der Waals surface area contributed by atoms with E-state index in [1.54, 1.807) is 6.07 Å². The molecule has 7 heteroatoms. The maximum Gasteiger partial charge on any atom is 0.272 e. The van der Waals surface area contributed by atoms with E-state index in [1.165, 1.54) is 4.90 Å². The summed E-state index contributed by atoms with van der Waals surface area (Å²) in [6, 6.07) is 26.3. The van der Waals surface area contributed by atoms with E-state index in [9.17, 15) is 14.7 Å². The molecule has 1 aromatic heterocycles. The molecule has 2 amide bonds. The summed E-state index contributed by atoms with van der Waals surface area (Å²) in [5.74, 6) is -0.845. The SMILES string of the molecule is O=C(N[C@@H]1N=C(c2ccccc2)c2ccccc2N(CCO)C1=O)c1cc2ccccc2[nH]1. The van der Waals surface area contributed by atoms with Gasteiger partial charge in [-0.2, -0.15) is 0 Å². The first-order valence-electron chi connectivity index (χ1n) is 10.7. The van der Waals surface area contributed by atoms with Gasteiger partial charge in [0.15, 0.2) is 0 Å². The highest BCUT2D eigenvalue weighted by Crippen LogP contribution is 2.28. The van der Waals surface area contributed by atoms with Crippen LogP contribution in [0.15, 0.2) is 89.9 Å². The van der Waals surface area contributed by atoms with Crippen molar-refractivity contribution in [1.29, 1.82) is 0 Å². The minimum Gasteiger partial charge on any atom is -0.395 e. The Balaban J connectivity index is 1.58. The monoisotopic (exact) mass is 438 g/mol. The number of benzodiazepines with no additional fused rings is 1. The molecule has 0 unspecified atom stereocenters. The smallest absolute Gasteiger partial charge is 0.272 e. The maximum absolute atomic E-state index is 13.5. The molecule has 0 spiro atoms. The molecule has 33 heavy (non-hydrogen) atoms. The van der Waals surface area contributed by atoms with Crippen molar-refractivity contribution in [3.63, 3.8) is 0 Å². The Hall–Kier alpha value is -4.23. The Bertz CT molecular complexity index is 1330. The number of H-pyrrole nitrogens is 1. The van der Waals surface area contributed by atoms with Crippen LogP contribution in [-0.2, 0) is 4.79 Å². The third-order valence-electron chi connectivity index (χ3n) is 5.62. The van der Waals surface area contributed by atoms with Crippen LogP contribution < -0.4 is 10.2 Å². The normalized spacial score (nSPS) is 15.7. The van der Waals surface area contributed by atoms with Crippen LogP contribution in [0.2, 0.25) is 0 Å². The van der Waals surface area contributed by atoms with Crippen molar-refractivity contribution in [2.75, 3.05) is 18.1 Å². The maximum atomic E-state index is 13.5. The number of aliphatic hydroxyl groups excluding tert-OH is 1. The zero-order chi connectivity index (χ0) is 22.8. The van der Waals surface area contributed by atoms with Crippen molar-refractivity contribution >= 4 is 34.1 Å². The van der Waals surface area contributed by atoms with Crippen LogP contribution in [0.5, 0.6) is 0 Å². The number of carbonyl (C=O) groups is 2. The van der Waals surface area contributed by atoms with Crippen LogP contribution in [0, 0.1) is 0 Å². The summed E-state index contributed by atoms with van der Waals surface area (Å²) in [4.78, 5) is 35.9. The standard InChI is InChI=1S/C26H22N4O3/c31-15-14-30-22-13-7-5-11-19(22)23(17-8-2-1-3-9-17)28-24(26(30)33)29-25(32)21-16-18-10-4-6-12-20(18)27-21/h1-13,16,24,27,31H,14-15H2,(H,29,32)/t24-/m0/s1. The summed E-state index contributed by atoms with van der Waals surface area (Å²) < 4.78 is 0. The lowest BCUT2D eigenvalue weighted by Gasteiger charge is -2.24. The summed E-state index contributed by atoms with van der Waals surface area (Å²) in [5, 5.41) is 13.3. The van der Waals surface area contributed by atoms with E-state index in [-0.39, 0.29) is 13.2 Å². The Kier molecular flexibility index (Phi) is 5.46. The van der Waals surface area contributed by atoms with Crippen LogP contribution in [-0.4, -0.2) is 46.9 Å². The number of hydrogen-bond acceptors (Lipinski definition) is 4. The number of aliphatic imine (C=N–C) groups is 1. The number of carbonyl (C=O) groups excluding carboxylic acids is 2. The Morgan fingerprint density at radius 3 is 2.52 bits per heavy atom. The second-order valence-electron chi connectivity index (χ2n) is 7.72. The lowest BCUT2D eigenvalue weighted by molar-refractivity contribution is -0.120. The minimum absolute atomic E-state index is 0.0895. The molecule has 7 nitrogen and oxygen atoms in total. The number of nitrogens with zero attached hydrogens (tertiary/aromatic N) is 2. The predicted octanol–water partition coefficient (Wildman–Crippen LogP) is 3.10. The highest BCUT2D eigenvalue weighted by Gasteiger charge is 2.33. The molecule has 1 atom stereocenters. The van der Waals surface area contributed by atoms with Crippen molar-refractivity contribution in [2.45, 2.75) is 6.17 Å². The van der Waals surface area contributed by atoms with Gasteiger partial charge in [0.2, 0.25) is 6.17 Å². The Labute approximate surface area is 190 Å². The number of benzene rings is 3. The highest BCUT2D eigenvalue weighted by molar-refractivity contribution is 6.20. The topological polar surface area (TPSA) is 97.8 Å². The second-order valence-corrected chi connectivity index (χ2v) is 7.72. The van der Waals surface area contributed by atoms with E-state index < -0.39 is 18.0 Å². The van der Waals surface area contributed by atoms with Crippen LogP contribution in [0.3, 0.4) is 0 Å². The third-order valence-corrected chi connectivity index (χ3v) is 5.62. The van der Waals surface area contributed by atoms with Crippen molar-refractivity contribution in [3.8, 4) is 0 Å². The molecule has 164 valence electrons. The number of aromatic amines is 1. The summed E-state index contributed by atoms with van der Waals surface area (Å²) in [5.41, 5.74) is 4.00. The number of β-amino-alcohol motifs (C(OH)–C–C–N with tert-alkyl or cyclic N) is 1. The fourth-order valence-electron chi connectivity index (χ4n) is 4.08. The molecule has 2 heterocycles. The number of hydrogen-bond donors (Lipinski definition) is 3. The van der Waals surface area contributed by atoms with E-state index in [0.29, 0.717) is 17.1 Å². The Morgan fingerprint density at radius 2 is 1.73 bits per heavy atom. The zero-order valence-corrected chi connectivity index (χ0v) is 17.7. The van der Waals surface area contributed by atoms with Crippen LogP contribution >= 0.6 is 0 Å². The molecule has 3 N–H and O–H groups in total. The molecule has 5 rings (SSSR count). The van der Waals surface area contributed by atoms with Gasteiger partial charge in [-0.1, -0.05) is 66.7 Å². The molecular weight excluding hydrogens is 416 g/mol. The summed E-state index contributed by atoms with van der Waals surface area (Å²) in [7, 11) is 0. The molecule has 1 aliphatic heterocycles. The quantitative estimate of drug-likeness (QED) is 0.447. The Morgan fingerprint density at radius 1 is 1.00 bits per heavy atom. The van der Waals surface area contributed by atoms with Crippen molar-refractivity contribution in [3.05, 3.63) is 102 Å². The van der Waals surface area contributed by atoms with E-state index in [4.69, 9.17) is 4.99 Å². The van der Waals surface area contributed by atoms with Gasteiger partial charge in [-0.25, -0.2) is 4.99 Å². The molecule has 0 aliphatic carbocycles.